The Balaban J connectivity index is 1.34. The number of ether oxygens (including phenoxy) is 1. The number of likely N-dealkylation sites (tertiary alicyclic amines) is 1. The number of nitrogens with zero attached hydrogens (tertiary/aromatic N) is 4. The molecule has 0 unspecified atom stereocenters. The number of anilines is 1. The van der Waals surface area contributed by atoms with Crippen LogP contribution in [0.25, 0.3) is 0 Å². The molecule has 0 spiro atoms. The van der Waals surface area contributed by atoms with E-state index in [1.54, 1.807) is 18.3 Å². The van der Waals surface area contributed by atoms with Crippen LogP contribution in [0.5, 0.6) is 0 Å². The third-order valence-electron chi connectivity index (χ3n) is 5.31. The first-order chi connectivity index (χ1) is 13.2. The van der Waals surface area contributed by atoms with Crippen LogP contribution in [0.2, 0.25) is 0 Å². The van der Waals surface area contributed by atoms with E-state index in [0.29, 0.717) is 30.3 Å². The van der Waals surface area contributed by atoms with Crippen molar-refractivity contribution in [2.75, 3.05) is 25.0 Å². The molecule has 2 aliphatic rings. The lowest BCUT2D eigenvalue weighted by Gasteiger charge is -2.36. The van der Waals surface area contributed by atoms with Gasteiger partial charge in [0.2, 0.25) is 0 Å². The van der Waals surface area contributed by atoms with E-state index in [9.17, 15) is 4.79 Å². The van der Waals surface area contributed by atoms with E-state index < -0.39 is 0 Å². The molecule has 0 aromatic carbocycles. The van der Waals surface area contributed by atoms with Crippen molar-refractivity contribution in [1.82, 2.24) is 15.0 Å². The molecule has 2 fully saturated rings. The Morgan fingerprint density at radius 1 is 1.26 bits per heavy atom. The van der Waals surface area contributed by atoms with Crippen LogP contribution in [0.4, 0.5) is 5.82 Å². The first-order valence-electron chi connectivity index (χ1n) is 9.18. The van der Waals surface area contributed by atoms with Crippen molar-refractivity contribution in [2.45, 2.75) is 31.4 Å². The lowest BCUT2D eigenvalue weighted by Crippen LogP contribution is -2.44. The van der Waals surface area contributed by atoms with Gasteiger partial charge in [-0.25, -0.2) is 4.98 Å². The van der Waals surface area contributed by atoms with Crippen LogP contribution in [-0.4, -0.2) is 52.8 Å². The summed E-state index contributed by atoms with van der Waals surface area (Å²) in [4.78, 5) is 18.5. The maximum Gasteiger partial charge on any atom is 0.276 e. The smallest absolute Gasteiger partial charge is 0.276 e. The molecular formula is C19H21N5O3. The second-order valence-corrected chi connectivity index (χ2v) is 6.93. The molecule has 2 aliphatic heterocycles. The number of hydrogen-bond donors (Lipinski definition) is 1. The summed E-state index contributed by atoms with van der Waals surface area (Å²) >= 11 is 0. The molecule has 0 saturated carbocycles. The monoisotopic (exact) mass is 367 g/mol. The number of nitrogens with one attached hydrogen (secondary N) is 1. The van der Waals surface area contributed by atoms with Crippen molar-refractivity contribution in [3.8, 4) is 6.07 Å². The number of aromatic nitrogens is 2. The van der Waals surface area contributed by atoms with Gasteiger partial charge >= 0.3 is 0 Å². The lowest BCUT2D eigenvalue weighted by molar-refractivity contribution is 0.0258. The summed E-state index contributed by atoms with van der Waals surface area (Å²) in [6.45, 7) is 2.10. The second-order valence-electron chi connectivity index (χ2n) is 6.93. The summed E-state index contributed by atoms with van der Waals surface area (Å²) in [7, 11) is 0. The van der Waals surface area contributed by atoms with E-state index in [-0.39, 0.29) is 18.1 Å². The maximum absolute atomic E-state index is 12.4. The minimum absolute atomic E-state index is 0.0778. The predicted octanol–water partition coefficient (Wildman–Crippen LogP) is 2.06. The molecule has 2 saturated heterocycles. The molecule has 140 valence electrons. The standard InChI is InChI=1S/C19H21N5O3/c20-11-13-1-2-17(21-12-13)22-15-5-9-26-18(15)14-3-7-24(8-4-14)19(25)16-6-10-27-23-16/h1-2,6,10,12,14-15,18H,3-5,7-9H2,(H,21,22)/t15-,18+/m1/s1. The Morgan fingerprint density at radius 2 is 2.11 bits per heavy atom. The zero-order chi connectivity index (χ0) is 18.6. The Hall–Kier alpha value is -2.92. The van der Waals surface area contributed by atoms with Crippen molar-refractivity contribution in [1.29, 1.82) is 5.26 Å². The van der Waals surface area contributed by atoms with Gasteiger partial charge in [-0.15, -0.1) is 0 Å². The normalized spacial score (nSPS) is 23.1. The summed E-state index contributed by atoms with van der Waals surface area (Å²) in [6.07, 6.45) is 5.80. The summed E-state index contributed by atoms with van der Waals surface area (Å²) in [5.41, 5.74) is 0.904. The number of nitriles is 1. The maximum atomic E-state index is 12.4. The summed E-state index contributed by atoms with van der Waals surface area (Å²) in [5, 5.41) is 16.1. The topological polar surface area (TPSA) is 104 Å². The zero-order valence-corrected chi connectivity index (χ0v) is 14.9. The van der Waals surface area contributed by atoms with Crippen LogP contribution in [0.15, 0.2) is 35.2 Å². The van der Waals surface area contributed by atoms with Crippen molar-refractivity contribution < 1.29 is 14.1 Å². The van der Waals surface area contributed by atoms with E-state index in [4.69, 9.17) is 14.5 Å². The van der Waals surface area contributed by atoms with E-state index in [1.807, 2.05) is 11.0 Å². The van der Waals surface area contributed by atoms with Gasteiger partial charge in [0.1, 0.15) is 18.2 Å². The molecule has 0 radical (unpaired) electrons. The molecule has 0 aliphatic carbocycles. The van der Waals surface area contributed by atoms with Crippen LogP contribution in [0.3, 0.4) is 0 Å². The SMILES string of the molecule is N#Cc1ccc(N[C@@H]2CCO[C@H]2C2CCN(C(=O)c3ccon3)CC2)nc1. The third-order valence-corrected chi connectivity index (χ3v) is 5.31. The van der Waals surface area contributed by atoms with Crippen LogP contribution in [0.1, 0.15) is 35.3 Å². The largest absolute Gasteiger partial charge is 0.376 e. The third kappa shape index (κ3) is 3.78. The van der Waals surface area contributed by atoms with Gasteiger partial charge in [0.15, 0.2) is 5.69 Å². The van der Waals surface area contributed by atoms with Gasteiger partial charge in [0.05, 0.1) is 17.7 Å². The van der Waals surface area contributed by atoms with E-state index >= 15 is 0 Å². The van der Waals surface area contributed by atoms with Crippen molar-refractivity contribution in [2.24, 2.45) is 5.92 Å². The Labute approximate surface area is 157 Å². The molecule has 8 nitrogen and oxygen atoms in total. The fraction of sp³-hybridized carbons (Fsp3) is 0.474. The fourth-order valence-corrected chi connectivity index (χ4v) is 3.88. The number of pyridine rings is 1. The van der Waals surface area contributed by atoms with E-state index in [2.05, 4.69) is 21.5 Å². The molecule has 0 bridgehead atoms. The van der Waals surface area contributed by atoms with Crippen molar-refractivity contribution in [3.05, 3.63) is 41.9 Å². The molecule has 4 rings (SSSR count). The number of hydrogen-bond acceptors (Lipinski definition) is 7. The highest BCUT2D eigenvalue weighted by molar-refractivity contribution is 5.92. The first-order valence-corrected chi connectivity index (χ1v) is 9.18. The molecule has 27 heavy (non-hydrogen) atoms. The number of carbonyl (C=O) groups excluding carboxylic acids is 1. The highest BCUT2D eigenvalue weighted by atomic mass is 16.5. The Morgan fingerprint density at radius 3 is 2.78 bits per heavy atom. The number of amides is 1. The molecule has 2 atom stereocenters. The fourth-order valence-electron chi connectivity index (χ4n) is 3.88. The first kappa shape index (κ1) is 17.5. The average Bonchev–Trinajstić information content (AvgIpc) is 3.40. The molecule has 2 aromatic rings. The van der Waals surface area contributed by atoms with Gasteiger partial charge in [-0.3, -0.25) is 4.79 Å². The van der Waals surface area contributed by atoms with Crippen LogP contribution < -0.4 is 5.32 Å². The molecule has 4 heterocycles. The van der Waals surface area contributed by atoms with Gasteiger partial charge in [0, 0.05) is 32.0 Å². The highest BCUT2D eigenvalue weighted by Crippen LogP contribution is 2.31. The summed E-state index contributed by atoms with van der Waals surface area (Å²) in [6, 6.07) is 7.44. The van der Waals surface area contributed by atoms with Crippen LogP contribution in [0, 0.1) is 17.2 Å². The summed E-state index contributed by atoms with van der Waals surface area (Å²) < 4.78 is 10.8. The lowest BCUT2D eigenvalue weighted by atomic mass is 9.87. The Kier molecular flexibility index (Phi) is 5.03. The van der Waals surface area contributed by atoms with Gasteiger partial charge < -0.3 is 19.5 Å². The van der Waals surface area contributed by atoms with E-state index in [1.165, 1.54) is 6.26 Å². The molecule has 1 N–H and O–H groups in total. The van der Waals surface area contributed by atoms with Gasteiger partial charge in [-0.1, -0.05) is 5.16 Å². The number of piperidine rings is 1. The Bertz CT molecular complexity index is 807. The zero-order valence-electron chi connectivity index (χ0n) is 14.9. The highest BCUT2D eigenvalue weighted by Gasteiger charge is 2.37. The van der Waals surface area contributed by atoms with E-state index in [0.717, 1.165) is 31.7 Å². The van der Waals surface area contributed by atoms with Gasteiger partial charge in [-0.2, -0.15) is 5.26 Å². The van der Waals surface area contributed by atoms with Crippen LogP contribution in [-0.2, 0) is 4.74 Å². The number of rotatable bonds is 4. The minimum atomic E-state index is -0.0778. The summed E-state index contributed by atoms with van der Waals surface area (Å²) in [5.74, 6) is 1.07. The minimum Gasteiger partial charge on any atom is -0.376 e. The molecule has 8 heteroatoms. The van der Waals surface area contributed by atoms with Gasteiger partial charge in [-0.05, 0) is 37.3 Å². The number of carbonyl (C=O) groups is 1. The van der Waals surface area contributed by atoms with Gasteiger partial charge in [0.25, 0.3) is 5.91 Å². The molecular weight excluding hydrogens is 346 g/mol. The van der Waals surface area contributed by atoms with Crippen LogP contribution >= 0.6 is 0 Å². The molecule has 1 amide bonds. The average molecular weight is 367 g/mol. The van der Waals surface area contributed by atoms with Crippen molar-refractivity contribution >= 4 is 11.7 Å². The van der Waals surface area contributed by atoms with Crippen molar-refractivity contribution in [3.63, 3.8) is 0 Å². The quantitative estimate of drug-likeness (QED) is 0.882. The molecule has 2 aromatic heterocycles. The predicted molar refractivity (Wildman–Crippen MR) is 95.9 cm³/mol. The second kappa shape index (κ2) is 7.76.